The summed E-state index contributed by atoms with van der Waals surface area (Å²) in [5, 5.41) is 13.1. The number of nitrogens with zero attached hydrogens (tertiary/aromatic N) is 5. The second-order valence-corrected chi connectivity index (χ2v) is 11.8. The topological polar surface area (TPSA) is 171 Å². The number of ether oxygens (including phenoxy) is 1. The minimum Gasteiger partial charge on any atom is -0.453 e. The van der Waals surface area contributed by atoms with Crippen molar-refractivity contribution in [2.24, 2.45) is 5.92 Å². The van der Waals surface area contributed by atoms with Crippen molar-refractivity contribution in [1.82, 2.24) is 30.0 Å². The molecular weight excluding hydrogens is 542 g/mol. The summed E-state index contributed by atoms with van der Waals surface area (Å²) < 4.78 is 11.5. The second-order valence-electron chi connectivity index (χ2n) is 11.8. The van der Waals surface area contributed by atoms with Crippen LogP contribution in [0.4, 0.5) is 10.5 Å². The van der Waals surface area contributed by atoms with E-state index < -0.39 is 46.8 Å². The van der Waals surface area contributed by atoms with Gasteiger partial charge >= 0.3 is 6.09 Å². The summed E-state index contributed by atoms with van der Waals surface area (Å²) in [5.41, 5.74) is -0.393. The van der Waals surface area contributed by atoms with E-state index in [2.05, 4.69) is 35.5 Å². The van der Waals surface area contributed by atoms with Crippen LogP contribution in [0.5, 0.6) is 0 Å². The first-order valence-corrected chi connectivity index (χ1v) is 13.7. The van der Waals surface area contributed by atoms with Crippen molar-refractivity contribution >= 4 is 23.5 Å². The molecule has 226 valence electrons. The predicted octanol–water partition coefficient (Wildman–Crippen LogP) is 3.41. The van der Waals surface area contributed by atoms with Crippen LogP contribution in [-0.2, 0) is 33.3 Å². The molecule has 42 heavy (non-hydrogen) atoms. The first-order chi connectivity index (χ1) is 19.6. The Labute approximate surface area is 244 Å². The van der Waals surface area contributed by atoms with E-state index in [0.29, 0.717) is 11.5 Å². The van der Waals surface area contributed by atoms with Gasteiger partial charge in [-0.3, -0.25) is 29.3 Å². The lowest BCUT2D eigenvalue weighted by molar-refractivity contribution is -0.122. The highest BCUT2D eigenvalue weighted by atomic mass is 16.5. The number of carbonyl (C=O) groups is 3. The minimum atomic E-state index is -1.02. The zero-order valence-electron chi connectivity index (χ0n) is 25.6. The number of anilines is 1. The number of nitrogens with one attached hydrogen (secondary N) is 2. The molecule has 3 aromatic rings. The quantitative estimate of drug-likeness (QED) is 0.338. The maximum atomic E-state index is 13.5. The molecule has 0 bridgehead atoms. The molecule has 0 aliphatic heterocycles. The van der Waals surface area contributed by atoms with Crippen molar-refractivity contribution in [2.75, 3.05) is 12.4 Å². The van der Waals surface area contributed by atoms with Crippen molar-refractivity contribution in [3.05, 3.63) is 63.7 Å². The summed E-state index contributed by atoms with van der Waals surface area (Å²) in [6.07, 6.45) is 3.01. The molecule has 1 atom stereocenters. The van der Waals surface area contributed by atoms with Gasteiger partial charge in [-0.1, -0.05) is 47.6 Å². The number of hydrogen-bond donors (Lipinski definition) is 2. The van der Waals surface area contributed by atoms with Gasteiger partial charge in [-0.15, -0.1) is 10.2 Å². The van der Waals surface area contributed by atoms with Crippen LogP contribution in [0.1, 0.15) is 89.0 Å². The number of carbonyl (C=O) groups excluding carboxylic acids is 3. The molecule has 0 aliphatic carbocycles. The van der Waals surface area contributed by atoms with Crippen LogP contribution in [0.15, 0.2) is 33.7 Å². The van der Waals surface area contributed by atoms with Crippen LogP contribution in [0, 0.1) is 5.92 Å². The monoisotopic (exact) mass is 581 g/mol. The fourth-order valence-corrected chi connectivity index (χ4v) is 4.20. The van der Waals surface area contributed by atoms with Gasteiger partial charge in [0.05, 0.1) is 30.5 Å². The number of hydrogen-bond acceptors (Lipinski definition) is 10. The van der Waals surface area contributed by atoms with E-state index in [0.717, 1.165) is 23.7 Å². The van der Waals surface area contributed by atoms with Crippen LogP contribution in [-0.4, -0.2) is 55.7 Å². The average Bonchev–Trinajstić information content (AvgIpc) is 3.44. The van der Waals surface area contributed by atoms with Gasteiger partial charge < -0.3 is 14.5 Å². The summed E-state index contributed by atoms with van der Waals surface area (Å²) in [5.74, 6) is -1.26. The summed E-state index contributed by atoms with van der Waals surface area (Å²) in [6, 6.07) is 2.85. The highest BCUT2D eigenvalue weighted by Crippen LogP contribution is 2.29. The van der Waals surface area contributed by atoms with Crippen LogP contribution in [0.25, 0.3) is 0 Å². The van der Waals surface area contributed by atoms with Gasteiger partial charge in [0.25, 0.3) is 11.4 Å². The molecule has 3 aromatic heterocycles. The highest BCUT2D eigenvalue weighted by molar-refractivity contribution is 5.98. The zero-order valence-corrected chi connectivity index (χ0v) is 25.6. The maximum Gasteiger partial charge on any atom is 0.411 e. The third-order valence-electron chi connectivity index (χ3n) is 6.75. The lowest BCUT2D eigenvalue weighted by Gasteiger charge is -2.24. The molecule has 3 rings (SSSR count). The number of pyridine rings is 1. The van der Waals surface area contributed by atoms with Gasteiger partial charge in [0.1, 0.15) is 18.1 Å². The Morgan fingerprint density at radius 1 is 1.05 bits per heavy atom. The summed E-state index contributed by atoms with van der Waals surface area (Å²) >= 11 is 0. The molecule has 3 heterocycles. The Morgan fingerprint density at radius 3 is 2.29 bits per heavy atom. The molecule has 0 fully saturated rings. The minimum absolute atomic E-state index is 0.154. The molecule has 0 radical (unpaired) electrons. The van der Waals surface area contributed by atoms with Gasteiger partial charge in [0, 0.05) is 11.6 Å². The van der Waals surface area contributed by atoms with E-state index in [9.17, 15) is 19.2 Å². The Kier molecular flexibility index (Phi) is 9.64. The Bertz CT molecular complexity index is 1500. The molecular formula is C29H39N7O6. The molecule has 2 amide bonds. The molecule has 13 nitrogen and oxygen atoms in total. The lowest BCUT2D eigenvalue weighted by atomic mass is 9.88. The number of ketones is 1. The number of aryl methyl sites for hydroxylation is 1. The molecule has 0 spiro atoms. The van der Waals surface area contributed by atoms with Gasteiger partial charge in [-0.2, -0.15) is 0 Å². The van der Waals surface area contributed by atoms with E-state index in [1.807, 2.05) is 53.7 Å². The van der Waals surface area contributed by atoms with Gasteiger partial charge in [-0.05, 0) is 37.8 Å². The molecule has 13 heteroatoms. The summed E-state index contributed by atoms with van der Waals surface area (Å²) in [7, 11) is 1.16. The van der Waals surface area contributed by atoms with Crippen molar-refractivity contribution in [3.8, 4) is 0 Å². The lowest BCUT2D eigenvalue weighted by Crippen LogP contribution is -2.47. The maximum absolute atomic E-state index is 13.5. The third kappa shape index (κ3) is 7.07. The van der Waals surface area contributed by atoms with E-state index in [-0.39, 0.29) is 23.4 Å². The van der Waals surface area contributed by atoms with Gasteiger partial charge in [0.2, 0.25) is 17.6 Å². The largest absolute Gasteiger partial charge is 0.453 e. The average molecular weight is 582 g/mol. The molecule has 0 saturated carbocycles. The van der Waals surface area contributed by atoms with E-state index in [4.69, 9.17) is 4.42 Å². The fraction of sp³-hybridized carbons (Fsp3) is 0.517. The number of aromatic nitrogens is 5. The van der Waals surface area contributed by atoms with Crippen molar-refractivity contribution in [1.29, 1.82) is 0 Å². The van der Waals surface area contributed by atoms with Gasteiger partial charge in [0.15, 0.2) is 0 Å². The van der Waals surface area contributed by atoms with Crippen molar-refractivity contribution in [3.63, 3.8) is 0 Å². The molecule has 1 unspecified atom stereocenters. The normalized spacial score (nSPS) is 12.6. The summed E-state index contributed by atoms with van der Waals surface area (Å²) in [4.78, 5) is 60.5. The number of amides is 2. The highest BCUT2D eigenvalue weighted by Gasteiger charge is 2.35. The van der Waals surface area contributed by atoms with Crippen LogP contribution in [0.3, 0.4) is 0 Å². The second kappa shape index (κ2) is 12.6. The Morgan fingerprint density at radius 2 is 1.74 bits per heavy atom. The first kappa shape index (κ1) is 32.1. The van der Waals surface area contributed by atoms with Crippen LogP contribution in [0.2, 0.25) is 0 Å². The SMILES string of the molecule is CCc1ccc(C(C)(C)c2nnc(C(=O)C(NC(=O)Cn3c(C(C)(C)C)ncc(NC(=O)OC)c3=O)C(C)C)o2)nc1. The molecule has 2 N–H and O–H groups in total. The first-order valence-electron chi connectivity index (χ1n) is 13.7. The number of methoxy groups -OCH3 is 1. The standard InChI is InChI=1S/C29H39N7O6/c1-10-17-11-12-19(30-13-17)29(7,8)26-35-34-23(42-26)22(38)21(16(2)3)33-20(37)15-36-24(39)18(32-27(40)41-9)14-31-25(36)28(4,5)6/h11-14,16,21H,10,15H2,1-9H3,(H,32,40)(H,33,37). The molecule has 0 saturated heterocycles. The van der Waals surface area contributed by atoms with Crippen molar-refractivity contribution < 1.29 is 23.5 Å². The third-order valence-corrected chi connectivity index (χ3v) is 6.75. The van der Waals surface area contributed by atoms with Crippen LogP contribution < -0.4 is 16.2 Å². The number of Topliss-reactive ketones (excluding diaryl/α,β-unsaturated/α-hetero) is 1. The van der Waals surface area contributed by atoms with E-state index in [1.165, 1.54) is 6.20 Å². The van der Waals surface area contributed by atoms with E-state index >= 15 is 0 Å². The number of rotatable bonds is 10. The molecule has 0 aromatic carbocycles. The predicted molar refractivity (Wildman–Crippen MR) is 154 cm³/mol. The summed E-state index contributed by atoms with van der Waals surface area (Å²) in [6.45, 7) is 14.3. The van der Waals surface area contributed by atoms with Gasteiger partial charge in [-0.25, -0.2) is 9.78 Å². The Hall–Kier alpha value is -4.42. The smallest absolute Gasteiger partial charge is 0.411 e. The molecule has 0 aliphatic rings. The Balaban J connectivity index is 1.86. The fourth-order valence-electron chi connectivity index (χ4n) is 4.20. The van der Waals surface area contributed by atoms with Crippen molar-refractivity contribution in [2.45, 2.75) is 85.2 Å². The zero-order chi connectivity index (χ0) is 31.4. The van der Waals surface area contributed by atoms with Crippen LogP contribution >= 0.6 is 0 Å². The van der Waals surface area contributed by atoms with E-state index in [1.54, 1.807) is 20.0 Å².